The monoisotopic (exact) mass is 397 g/mol. The maximum absolute atomic E-state index is 12.0. The highest BCUT2D eigenvalue weighted by Crippen LogP contribution is 2.35. The average Bonchev–Trinajstić information content (AvgIpc) is 3.20. The number of carbonyl (C=O) groups excluding carboxylic acids is 1. The number of nitrogens with one attached hydrogen (secondary N) is 1. The number of para-hydroxylation sites is 2. The number of amides is 1. The molecule has 1 aliphatic rings. The number of carbonyl (C=O) groups is 1. The van der Waals surface area contributed by atoms with Crippen LogP contribution in [0, 0.1) is 6.92 Å². The second-order valence-electron chi connectivity index (χ2n) is 6.32. The Bertz CT molecular complexity index is 958. The summed E-state index contributed by atoms with van der Waals surface area (Å²) in [5.41, 5.74) is 2.24. The Morgan fingerprint density at radius 3 is 2.75 bits per heavy atom. The van der Waals surface area contributed by atoms with Crippen LogP contribution in [0.2, 0.25) is 0 Å². The Labute approximate surface area is 166 Å². The first-order valence-electron chi connectivity index (χ1n) is 8.84. The molecule has 1 aromatic heterocycles. The molecule has 4 rings (SSSR count). The SMILES string of the molecule is Cc1ccc(CNC(=O)CSc2nnc(C3COc4ccccc4O3)o2)cc1. The van der Waals surface area contributed by atoms with Gasteiger partial charge in [-0.15, -0.1) is 10.2 Å². The standard InChI is InChI=1S/C20H19N3O4S/c1-13-6-8-14(9-7-13)10-21-18(24)12-28-20-23-22-19(27-20)17-11-25-15-4-2-3-5-16(15)26-17/h2-9,17H,10-12H2,1H3,(H,21,24). The van der Waals surface area contributed by atoms with Gasteiger partial charge in [0.2, 0.25) is 12.0 Å². The Hall–Kier alpha value is -3.00. The zero-order valence-corrected chi connectivity index (χ0v) is 16.1. The Morgan fingerprint density at radius 2 is 1.93 bits per heavy atom. The highest BCUT2D eigenvalue weighted by molar-refractivity contribution is 7.99. The van der Waals surface area contributed by atoms with E-state index in [1.807, 2.05) is 55.5 Å². The Kier molecular flexibility index (Phi) is 5.48. The fraction of sp³-hybridized carbons (Fsp3) is 0.250. The number of hydrogen-bond donors (Lipinski definition) is 1. The highest BCUT2D eigenvalue weighted by atomic mass is 32.2. The largest absolute Gasteiger partial charge is 0.485 e. The van der Waals surface area contributed by atoms with E-state index in [0.29, 0.717) is 35.8 Å². The lowest BCUT2D eigenvalue weighted by atomic mass is 10.1. The Balaban J connectivity index is 1.27. The molecule has 28 heavy (non-hydrogen) atoms. The number of fused-ring (bicyclic) bond motifs is 1. The molecule has 1 atom stereocenters. The molecule has 1 unspecified atom stereocenters. The number of aryl methyl sites for hydroxylation is 1. The molecular formula is C20H19N3O4S. The number of ether oxygens (including phenoxy) is 2. The highest BCUT2D eigenvalue weighted by Gasteiger charge is 2.27. The number of rotatable bonds is 6. The van der Waals surface area contributed by atoms with Crippen molar-refractivity contribution in [2.75, 3.05) is 12.4 Å². The van der Waals surface area contributed by atoms with E-state index in [9.17, 15) is 4.79 Å². The summed E-state index contributed by atoms with van der Waals surface area (Å²) in [6.45, 7) is 2.81. The molecule has 0 fully saturated rings. The van der Waals surface area contributed by atoms with Gasteiger partial charge in [0, 0.05) is 6.54 Å². The summed E-state index contributed by atoms with van der Waals surface area (Å²) in [4.78, 5) is 12.0. The molecule has 8 heteroatoms. The number of aromatic nitrogens is 2. The molecule has 7 nitrogen and oxygen atoms in total. The summed E-state index contributed by atoms with van der Waals surface area (Å²) >= 11 is 1.19. The molecule has 0 bridgehead atoms. The van der Waals surface area contributed by atoms with Gasteiger partial charge in [-0.25, -0.2) is 0 Å². The van der Waals surface area contributed by atoms with Gasteiger partial charge in [-0.3, -0.25) is 4.79 Å². The minimum Gasteiger partial charge on any atom is -0.485 e. The average molecular weight is 397 g/mol. The van der Waals surface area contributed by atoms with Crippen molar-refractivity contribution >= 4 is 17.7 Å². The summed E-state index contributed by atoms with van der Waals surface area (Å²) in [6.07, 6.45) is -0.466. The van der Waals surface area contributed by atoms with E-state index in [0.717, 1.165) is 5.56 Å². The maximum atomic E-state index is 12.0. The van der Waals surface area contributed by atoms with Gasteiger partial charge in [0.1, 0.15) is 6.61 Å². The third-order valence-electron chi connectivity index (χ3n) is 4.14. The molecule has 144 valence electrons. The predicted octanol–water partition coefficient (Wildman–Crippen LogP) is 3.30. The first-order chi connectivity index (χ1) is 13.7. The van der Waals surface area contributed by atoms with Crippen molar-refractivity contribution in [3.63, 3.8) is 0 Å². The van der Waals surface area contributed by atoms with Crippen molar-refractivity contribution in [2.45, 2.75) is 24.8 Å². The van der Waals surface area contributed by atoms with E-state index in [2.05, 4.69) is 15.5 Å². The number of thioether (sulfide) groups is 1. The fourth-order valence-electron chi connectivity index (χ4n) is 2.63. The molecule has 0 spiro atoms. The molecule has 2 heterocycles. The second-order valence-corrected chi connectivity index (χ2v) is 7.25. The van der Waals surface area contributed by atoms with Crippen molar-refractivity contribution in [1.82, 2.24) is 15.5 Å². The molecule has 0 aliphatic carbocycles. The topological polar surface area (TPSA) is 86.5 Å². The van der Waals surface area contributed by atoms with Gasteiger partial charge in [-0.2, -0.15) is 0 Å². The lowest BCUT2D eigenvalue weighted by Crippen LogP contribution is -2.24. The summed E-state index contributed by atoms with van der Waals surface area (Å²) < 4.78 is 17.1. The van der Waals surface area contributed by atoms with E-state index in [4.69, 9.17) is 13.9 Å². The van der Waals surface area contributed by atoms with Gasteiger partial charge < -0.3 is 19.2 Å². The van der Waals surface area contributed by atoms with Gasteiger partial charge in [0.15, 0.2) is 11.5 Å². The van der Waals surface area contributed by atoms with Gasteiger partial charge in [-0.05, 0) is 24.6 Å². The summed E-state index contributed by atoms with van der Waals surface area (Å²) in [7, 11) is 0. The van der Waals surface area contributed by atoms with Crippen molar-refractivity contribution in [1.29, 1.82) is 0 Å². The van der Waals surface area contributed by atoms with Crippen LogP contribution in [-0.2, 0) is 11.3 Å². The quantitative estimate of drug-likeness (QED) is 0.639. The lowest BCUT2D eigenvalue weighted by Gasteiger charge is -2.23. The van der Waals surface area contributed by atoms with Crippen LogP contribution >= 0.6 is 11.8 Å². The van der Waals surface area contributed by atoms with Gasteiger partial charge >= 0.3 is 0 Å². The van der Waals surface area contributed by atoms with E-state index in [1.165, 1.54) is 17.3 Å². The maximum Gasteiger partial charge on any atom is 0.277 e. The predicted molar refractivity (Wildman–Crippen MR) is 103 cm³/mol. The van der Waals surface area contributed by atoms with E-state index < -0.39 is 6.10 Å². The van der Waals surface area contributed by atoms with E-state index in [-0.39, 0.29) is 11.7 Å². The lowest BCUT2D eigenvalue weighted by molar-refractivity contribution is -0.118. The minimum atomic E-state index is -0.466. The number of benzene rings is 2. The van der Waals surface area contributed by atoms with Crippen molar-refractivity contribution in [3.8, 4) is 11.5 Å². The molecule has 0 saturated heterocycles. The molecular weight excluding hydrogens is 378 g/mol. The first kappa shape index (κ1) is 18.4. The van der Waals surface area contributed by atoms with Crippen LogP contribution in [0.4, 0.5) is 0 Å². The van der Waals surface area contributed by atoms with Gasteiger partial charge in [-0.1, -0.05) is 53.7 Å². The summed E-state index contributed by atoms with van der Waals surface area (Å²) in [5, 5.41) is 11.2. The van der Waals surface area contributed by atoms with Crippen molar-refractivity contribution < 1.29 is 18.7 Å². The van der Waals surface area contributed by atoms with Crippen LogP contribution in [-0.4, -0.2) is 28.5 Å². The molecule has 2 aromatic carbocycles. The zero-order chi connectivity index (χ0) is 19.3. The second kappa shape index (κ2) is 8.35. The van der Waals surface area contributed by atoms with E-state index in [1.54, 1.807) is 0 Å². The van der Waals surface area contributed by atoms with Gasteiger partial charge in [0.05, 0.1) is 5.75 Å². The van der Waals surface area contributed by atoms with E-state index >= 15 is 0 Å². The minimum absolute atomic E-state index is 0.100. The Morgan fingerprint density at radius 1 is 1.14 bits per heavy atom. The molecule has 1 aliphatic heterocycles. The summed E-state index contributed by atoms with van der Waals surface area (Å²) in [6, 6.07) is 15.5. The smallest absolute Gasteiger partial charge is 0.277 e. The third kappa shape index (κ3) is 4.45. The molecule has 1 N–H and O–H groups in total. The number of hydrogen-bond acceptors (Lipinski definition) is 7. The van der Waals surface area contributed by atoms with Crippen molar-refractivity contribution in [3.05, 3.63) is 65.5 Å². The summed E-state index contributed by atoms with van der Waals surface area (Å²) in [5.74, 6) is 1.76. The first-order valence-corrected chi connectivity index (χ1v) is 9.83. The molecule has 3 aromatic rings. The molecule has 0 saturated carbocycles. The third-order valence-corrected chi connectivity index (χ3v) is 4.96. The van der Waals surface area contributed by atoms with Crippen LogP contribution in [0.5, 0.6) is 11.5 Å². The molecule has 1 amide bonds. The van der Waals surface area contributed by atoms with Crippen LogP contribution in [0.1, 0.15) is 23.1 Å². The van der Waals surface area contributed by atoms with Gasteiger partial charge in [0.25, 0.3) is 11.1 Å². The van der Waals surface area contributed by atoms with Crippen LogP contribution in [0.3, 0.4) is 0 Å². The normalized spacial score (nSPS) is 15.2. The van der Waals surface area contributed by atoms with Crippen LogP contribution < -0.4 is 14.8 Å². The molecule has 0 radical (unpaired) electrons. The van der Waals surface area contributed by atoms with Crippen LogP contribution in [0.25, 0.3) is 0 Å². The number of nitrogens with zero attached hydrogens (tertiary/aromatic N) is 2. The zero-order valence-electron chi connectivity index (χ0n) is 15.3. The fourth-order valence-corrected chi connectivity index (χ4v) is 3.23. The van der Waals surface area contributed by atoms with Crippen molar-refractivity contribution in [2.24, 2.45) is 0 Å². The van der Waals surface area contributed by atoms with Crippen LogP contribution in [0.15, 0.2) is 58.2 Å².